The van der Waals surface area contributed by atoms with Crippen molar-refractivity contribution in [1.82, 2.24) is 0 Å². The van der Waals surface area contributed by atoms with Crippen LogP contribution in [0.5, 0.6) is 0 Å². The number of aliphatic hydroxyl groups excluding tert-OH is 1. The Morgan fingerprint density at radius 3 is 0.930 bits per heavy atom. The van der Waals surface area contributed by atoms with E-state index in [1.807, 2.05) is 0 Å². The van der Waals surface area contributed by atoms with Gasteiger partial charge in [0.2, 0.25) is 0 Å². The third kappa shape index (κ3) is 58.2. The van der Waals surface area contributed by atoms with Crippen molar-refractivity contribution in [3.05, 3.63) is 146 Å². The largest absolute Gasteiger partial charge is 0.462 e. The quantitative estimate of drug-likeness (QED) is 0.0373. The Labute approximate surface area is 438 Å². The molecular weight excluding hydrogens is 873 g/mol. The van der Waals surface area contributed by atoms with E-state index in [2.05, 4.69) is 160 Å². The van der Waals surface area contributed by atoms with Gasteiger partial charge >= 0.3 is 11.9 Å². The number of aliphatic hydroxyl groups is 1. The van der Waals surface area contributed by atoms with Gasteiger partial charge in [0.1, 0.15) is 6.61 Å². The molecule has 0 saturated carbocycles. The molecule has 400 valence electrons. The van der Waals surface area contributed by atoms with Crippen molar-refractivity contribution in [1.29, 1.82) is 0 Å². The van der Waals surface area contributed by atoms with E-state index < -0.39 is 6.10 Å². The fraction of sp³-hybridized carbons (Fsp3) is 0.606. The van der Waals surface area contributed by atoms with Gasteiger partial charge in [0.15, 0.2) is 6.10 Å². The molecule has 0 aliphatic rings. The smallest absolute Gasteiger partial charge is 0.306 e. The highest BCUT2D eigenvalue weighted by Gasteiger charge is 2.16. The second-order valence-corrected chi connectivity index (χ2v) is 18.6. The lowest BCUT2D eigenvalue weighted by molar-refractivity contribution is -0.161. The second kappa shape index (κ2) is 60.1. The minimum absolute atomic E-state index is 0.0838. The standard InChI is InChI=1S/C66H106O5/c1-3-5-7-9-11-13-15-17-19-21-23-24-25-26-27-28-29-30-31-32-33-34-35-36-37-38-39-40-41-42-43-45-47-49-51-53-55-57-59-61-66(69)71-64(62-67)63-70-65(68)60-58-56-54-52-50-48-46-44-22-20-18-16-14-12-10-8-6-4-2/h5,7,11,13,17,19-20,22-24,26-27,29-30,32-33,35-36,38-39,41-42,45,47,64,67H,3-4,6,8-10,12,14-16,18,21,25,28,31,34,37,40,43-44,46,48-63H2,1-2H3/b7-5-,13-11-,19-17-,22-20-,24-23-,27-26-,30-29-,33-32-,36-35-,39-38-,42-41-,47-45-. The van der Waals surface area contributed by atoms with Crippen LogP contribution in [0.3, 0.4) is 0 Å². The van der Waals surface area contributed by atoms with Crippen LogP contribution < -0.4 is 0 Å². The van der Waals surface area contributed by atoms with E-state index in [0.29, 0.717) is 12.8 Å². The highest BCUT2D eigenvalue weighted by atomic mass is 16.6. The van der Waals surface area contributed by atoms with Gasteiger partial charge in [-0.05, 0) is 122 Å². The summed E-state index contributed by atoms with van der Waals surface area (Å²) >= 11 is 0. The van der Waals surface area contributed by atoms with Gasteiger partial charge in [0, 0.05) is 12.8 Å². The zero-order valence-corrected chi connectivity index (χ0v) is 45.7. The van der Waals surface area contributed by atoms with Gasteiger partial charge in [0.25, 0.3) is 0 Å². The first-order valence-corrected chi connectivity index (χ1v) is 28.9. The van der Waals surface area contributed by atoms with Crippen molar-refractivity contribution in [3.8, 4) is 0 Å². The summed E-state index contributed by atoms with van der Waals surface area (Å²) in [6.07, 6.45) is 91.0. The number of carbonyl (C=O) groups excluding carboxylic acids is 2. The Balaban J connectivity index is 3.65. The summed E-state index contributed by atoms with van der Waals surface area (Å²) in [4.78, 5) is 24.5. The average molecular weight is 980 g/mol. The molecule has 5 heteroatoms. The number of hydrogen-bond donors (Lipinski definition) is 1. The van der Waals surface area contributed by atoms with Crippen LogP contribution in [0.4, 0.5) is 0 Å². The zero-order chi connectivity index (χ0) is 51.3. The lowest BCUT2D eigenvalue weighted by Gasteiger charge is -2.15. The normalized spacial score (nSPS) is 13.3. The van der Waals surface area contributed by atoms with E-state index >= 15 is 0 Å². The summed E-state index contributed by atoms with van der Waals surface area (Å²) in [5.74, 6) is -0.625. The molecule has 1 N–H and O–H groups in total. The van der Waals surface area contributed by atoms with Crippen LogP contribution in [0.15, 0.2) is 146 Å². The Morgan fingerprint density at radius 2 is 0.606 bits per heavy atom. The number of unbranched alkanes of at least 4 members (excludes halogenated alkanes) is 19. The Morgan fingerprint density at radius 1 is 0.338 bits per heavy atom. The van der Waals surface area contributed by atoms with Gasteiger partial charge in [-0.1, -0.05) is 250 Å². The highest BCUT2D eigenvalue weighted by molar-refractivity contribution is 5.70. The highest BCUT2D eigenvalue weighted by Crippen LogP contribution is 2.13. The molecule has 0 aromatic rings. The van der Waals surface area contributed by atoms with Gasteiger partial charge in [-0.3, -0.25) is 9.59 Å². The maximum atomic E-state index is 12.3. The predicted molar refractivity (Wildman–Crippen MR) is 311 cm³/mol. The van der Waals surface area contributed by atoms with Crippen molar-refractivity contribution in [2.45, 2.75) is 245 Å². The molecule has 0 spiro atoms. The topological polar surface area (TPSA) is 72.8 Å². The number of esters is 2. The molecular formula is C66H106O5. The third-order valence-electron chi connectivity index (χ3n) is 11.9. The predicted octanol–water partition coefficient (Wildman–Crippen LogP) is 19.8. The summed E-state index contributed by atoms with van der Waals surface area (Å²) in [5.41, 5.74) is 0. The Bertz CT molecular complexity index is 1530. The maximum Gasteiger partial charge on any atom is 0.306 e. The summed E-state index contributed by atoms with van der Waals surface area (Å²) in [6, 6.07) is 0. The molecule has 0 radical (unpaired) electrons. The van der Waals surface area contributed by atoms with Crippen LogP contribution in [-0.4, -0.2) is 36.4 Å². The maximum absolute atomic E-state index is 12.3. The molecule has 5 nitrogen and oxygen atoms in total. The first kappa shape index (κ1) is 66.8. The van der Waals surface area contributed by atoms with Crippen LogP contribution in [0, 0.1) is 0 Å². The van der Waals surface area contributed by atoms with Gasteiger partial charge in [-0.15, -0.1) is 0 Å². The van der Waals surface area contributed by atoms with E-state index in [1.165, 1.54) is 83.5 Å². The van der Waals surface area contributed by atoms with E-state index in [4.69, 9.17) is 9.47 Å². The van der Waals surface area contributed by atoms with Crippen LogP contribution in [0.25, 0.3) is 0 Å². The third-order valence-corrected chi connectivity index (χ3v) is 11.9. The Hall–Kier alpha value is -4.22. The molecule has 0 rings (SSSR count). The number of carbonyl (C=O) groups is 2. The first-order valence-electron chi connectivity index (χ1n) is 28.9. The van der Waals surface area contributed by atoms with Crippen molar-refractivity contribution < 1.29 is 24.2 Å². The van der Waals surface area contributed by atoms with E-state index in [1.54, 1.807) is 0 Å². The molecule has 0 heterocycles. The summed E-state index contributed by atoms with van der Waals surface area (Å²) in [6.45, 7) is 4.00. The lowest BCUT2D eigenvalue weighted by atomic mass is 10.1. The fourth-order valence-electron chi connectivity index (χ4n) is 7.55. The molecule has 0 amide bonds. The fourth-order valence-corrected chi connectivity index (χ4v) is 7.55. The zero-order valence-electron chi connectivity index (χ0n) is 45.7. The van der Waals surface area contributed by atoms with Crippen LogP contribution in [0.2, 0.25) is 0 Å². The SMILES string of the molecule is CC/C=C\C/C=C\C/C=C\C/C=C\C/C=C\C/C=C\C/C=C\C/C=C\C/C=C\C/C=C\C/C=C\CCCCCCCC(=O)OC(CO)COC(=O)CCCCCCCCC/C=C\CCCCCCCCC. The van der Waals surface area contributed by atoms with Crippen LogP contribution in [0.1, 0.15) is 239 Å². The minimum Gasteiger partial charge on any atom is -0.462 e. The lowest BCUT2D eigenvalue weighted by Crippen LogP contribution is -2.28. The van der Waals surface area contributed by atoms with Crippen LogP contribution in [-0.2, 0) is 19.1 Å². The monoisotopic (exact) mass is 979 g/mol. The van der Waals surface area contributed by atoms with Crippen molar-refractivity contribution in [2.24, 2.45) is 0 Å². The summed E-state index contributed by atoms with van der Waals surface area (Å²) in [7, 11) is 0. The molecule has 0 bridgehead atoms. The number of hydrogen-bond acceptors (Lipinski definition) is 5. The first-order chi connectivity index (χ1) is 35.1. The molecule has 0 aliphatic carbocycles. The van der Waals surface area contributed by atoms with Gasteiger partial charge in [0.05, 0.1) is 6.61 Å². The summed E-state index contributed by atoms with van der Waals surface area (Å²) < 4.78 is 10.7. The van der Waals surface area contributed by atoms with Gasteiger partial charge in [-0.25, -0.2) is 0 Å². The second-order valence-electron chi connectivity index (χ2n) is 18.6. The molecule has 0 aromatic heterocycles. The van der Waals surface area contributed by atoms with Crippen molar-refractivity contribution in [2.75, 3.05) is 13.2 Å². The van der Waals surface area contributed by atoms with Crippen LogP contribution >= 0.6 is 0 Å². The van der Waals surface area contributed by atoms with Gasteiger partial charge in [-0.2, -0.15) is 0 Å². The van der Waals surface area contributed by atoms with Crippen molar-refractivity contribution >= 4 is 11.9 Å². The molecule has 1 atom stereocenters. The molecule has 0 aliphatic heterocycles. The van der Waals surface area contributed by atoms with Crippen molar-refractivity contribution in [3.63, 3.8) is 0 Å². The summed E-state index contributed by atoms with van der Waals surface area (Å²) in [5, 5.41) is 9.64. The number of allylic oxidation sites excluding steroid dienone is 24. The number of rotatable bonds is 51. The van der Waals surface area contributed by atoms with E-state index in [0.717, 1.165) is 128 Å². The average Bonchev–Trinajstić information content (AvgIpc) is 3.37. The molecule has 0 fully saturated rings. The molecule has 0 saturated heterocycles. The van der Waals surface area contributed by atoms with Gasteiger partial charge < -0.3 is 14.6 Å². The Kier molecular flexibility index (Phi) is 56.5. The number of ether oxygens (including phenoxy) is 2. The minimum atomic E-state index is -0.795. The van der Waals surface area contributed by atoms with E-state index in [-0.39, 0.29) is 25.2 Å². The molecule has 1 unspecified atom stereocenters. The molecule has 71 heavy (non-hydrogen) atoms. The van der Waals surface area contributed by atoms with E-state index in [9.17, 15) is 14.7 Å². The molecule has 0 aromatic carbocycles.